The van der Waals surface area contributed by atoms with E-state index in [0.717, 1.165) is 17.8 Å². The fraction of sp³-hybridized carbons (Fsp3) is 0.529. The first-order valence-corrected chi connectivity index (χ1v) is 8.11. The third kappa shape index (κ3) is 4.35. The zero-order chi connectivity index (χ0) is 15.7. The van der Waals surface area contributed by atoms with Crippen molar-refractivity contribution < 1.29 is 0 Å². The van der Waals surface area contributed by atoms with Crippen LogP contribution in [0.25, 0.3) is 11.3 Å². The van der Waals surface area contributed by atoms with Crippen LogP contribution in [-0.2, 0) is 12.0 Å². The first kappa shape index (κ1) is 16.1. The molecule has 1 N–H and O–H groups in total. The molecule has 114 valence electrons. The Morgan fingerprint density at radius 2 is 1.62 bits per heavy atom. The van der Waals surface area contributed by atoms with Crippen LogP contribution in [0.2, 0.25) is 0 Å². The monoisotopic (exact) mass is 303 g/mol. The maximum absolute atomic E-state index is 4.31. The van der Waals surface area contributed by atoms with Crippen molar-refractivity contribution in [2.24, 2.45) is 0 Å². The lowest BCUT2D eigenvalue weighted by Crippen LogP contribution is -2.34. The molecule has 0 aliphatic rings. The fourth-order valence-electron chi connectivity index (χ4n) is 2.02. The zero-order valence-corrected chi connectivity index (χ0v) is 14.6. The van der Waals surface area contributed by atoms with Gasteiger partial charge in [0.05, 0.1) is 4.88 Å². The predicted molar refractivity (Wildman–Crippen MR) is 90.6 cm³/mol. The number of aromatic nitrogens is 2. The molecule has 0 aliphatic carbocycles. The molecule has 0 saturated heterocycles. The van der Waals surface area contributed by atoms with E-state index in [-0.39, 0.29) is 11.0 Å². The van der Waals surface area contributed by atoms with Crippen LogP contribution in [0.4, 0.5) is 0 Å². The number of hydrogen-bond donors (Lipinski definition) is 1. The molecule has 3 nitrogen and oxygen atoms in total. The third-order valence-corrected chi connectivity index (χ3v) is 4.08. The maximum atomic E-state index is 4.31. The minimum absolute atomic E-state index is 0.0946. The fourth-order valence-corrected chi connectivity index (χ4v) is 2.62. The van der Waals surface area contributed by atoms with Gasteiger partial charge in [-0.15, -0.1) is 5.10 Å². The van der Waals surface area contributed by atoms with Crippen molar-refractivity contribution in [2.75, 3.05) is 0 Å². The Balaban J connectivity index is 2.21. The highest BCUT2D eigenvalue weighted by Crippen LogP contribution is 2.28. The van der Waals surface area contributed by atoms with E-state index in [2.05, 4.69) is 80.7 Å². The molecule has 0 fully saturated rings. The van der Waals surface area contributed by atoms with Crippen LogP contribution in [0.1, 0.15) is 52.0 Å². The Bertz CT molecular complexity index is 586. The van der Waals surface area contributed by atoms with Crippen LogP contribution < -0.4 is 5.32 Å². The van der Waals surface area contributed by atoms with Crippen molar-refractivity contribution in [3.8, 4) is 11.3 Å². The quantitative estimate of drug-likeness (QED) is 0.913. The van der Waals surface area contributed by atoms with Crippen LogP contribution in [0.15, 0.2) is 24.3 Å². The second-order valence-corrected chi connectivity index (χ2v) is 8.31. The number of rotatable bonds is 3. The van der Waals surface area contributed by atoms with Gasteiger partial charge in [0, 0.05) is 17.6 Å². The summed E-state index contributed by atoms with van der Waals surface area (Å²) in [4.78, 5) is 1.19. The molecular formula is C17H25N3S. The highest BCUT2D eigenvalue weighted by Gasteiger charge is 2.16. The van der Waals surface area contributed by atoms with Crippen molar-refractivity contribution in [3.63, 3.8) is 0 Å². The molecule has 1 aromatic carbocycles. The Morgan fingerprint density at radius 1 is 1.00 bits per heavy atom. The summed E-state index contributed by atoms with van der Waals surface area (Å²) in [6.45, 7) is 14.0. The van der Waals surface area contributed by atoms with Gasteiger partial charge in [-0.3, -0.25) is 0 Å². The molecule has 0 amide bonds. The van der Waals surface area contributed by atoms with Gasteiger partial charge >= 0.3 is 0 Å². The molecule has 0 radical (unpaired) electrons. The summed E-state index contributed by atoms with van der Waals surface area (Å²) in [6, 6.07) is 8.68. The third-order valence-electron chi connectivity index (χ3n) is 3.36. The number of hydrogen-bond acceptors (Lipinski definition) is 4. The summed E-state index contributed by atoms with van der Waals surface area (Å²) in [5.74, 6) is 0. The molecule has 4 heteroatoms. The standard InChI is InChI=1S/C17H25N3S/c1-16(2,3)13-9-7-12(8-10-13)15-14(21-20-19-15)11-18-17(4,5)6/h7-10,18H,11H2,1-6H3. The number of nitrogens with one attached hydrogen (secondary N) is 1. The second kappa shape index (κ2) is 5.85. The summed E-state index contributed by atoms with van der Waals surface area (Å²) >= 11 is 1.47. The van der Waals surface area contributed by atoms with Gasteiger partial charge in [-0.1, -0.05) is 49.5 Å². The largest absolute Gasteiger partial charge is 0.307 e. The average Bonchev–Trinajstić information content (AvgIpc) is 2.83. The van der Waals surface area contributed by atoms with E-state index >= 15 is 0 Å². The van der Waals surface area contributed by atoms with Gasteiger partial charge in [-0.25, -0.2) is 0 Å². The van der Waals surface area contributed by atoms with E-state index in [1.807, 2.05) is 0 Å². The van der Waals surface area contributed by atoms with Gasteiger partial charge < -0.3 is 5.32 Å². The minimum atomic E-state index is 0.0946. The molecule has 1 heterocycles. The normalized spacial score (nSPS) is 12.7. The topological polar surface area (TPSA) is 37.8 Å². The van der Waals surface area contributed by atoms with Crippen molar-refractivity contribution in [2.45, 2.75) is 59.0 Å². The zero-order valence-electron chi connectivity index (χ0n) is 13.8. The maximum Gasteiger partial charge on any atom is 0.110 e. The van der Waals surface area contributed by atoms with Crippen LogP contribution in [-0.4, -0.2) is 15.1 Å². The van der Waals surface area contributed by atoms with E-state index in [9.17, 15) is 0 Å². The van der Waals surface area contributed by atoms with E-state index in [0.29, 0.717) is 0 Å². The van der Waals surface area contributed by atoms with Gasteiger partial charge in [-0.2, -0.15) is 0 Å². The first-order valence-electron chi connectivity index (χ1n) is 7.34. The lowest BCUT2D eigenvalue weighted by atomic mass is 9.86. The molecule has 0 atom stereocenters. The first-order chi connectivity index (χ1) is 9.67. The molecule has 2 rings (SSSR count). The molecule has 1 aromatic heterocycles. The van der Waals surface area contributed by atoms with Crippen molar-refractivity contribution in [1.82, 2.24) is 14.9 Å². The van der Waals surface area contributed by atoms with Crippen molar-refractivity contribution in [1.29, 1.82) is 0 Å². The lowest BCUT2D eigenvalue weighted by Gasteiger charge is -2.20. The average molecular weight is 303 g/mol. The van der Waals surface area contributed by atoms with Crippen LogP contribution in [0.3, 0.4) is 0 Å². The SMILES string of the molecule is CC(C)(C)NCc1snnc1-c1ccc(C(C)(C)C)cc1. The molecule has 0 unspecified atom stereocenters. The summed E-state index contributed by atoms with van der Waals surface area (Å²) in [5.41, 5.74) is 3.75. The predicted octanol–water partition coefficient (Wildman–Crippen LogP) is 4.39. The summed E-state index contributed by atoms with van der Waals surface area (Å²) < 4.78 is 4.12. The Labute approximate surface area is 132 Å². The Morgan fingerprint density at radius 3 is 2.14 bits per heavy atom. The summed E-state index contributed by atoms with van der Waals surface area (Å²) in [7, 11) is 0. The van der Waals surface area contributed by atoms with E-state index in [4.69, 9.17) is 0 Å². The van der Waals surface area contributed by atoms with Crippen LogP contribution in [0, 0.1) is 0 Å². The highest BCUT2D eigenvalue weighted by atomic mass is 32.1. The highest BCUT2D eigenvalue weighted by molar-refractivity contribution is 7.05. The smallest absolute Gasteiger partial charge is 0.110 e. The molecule has 2 aromatic rings. The van der Waals surface area contributed by atoms with Crippen LogP contribution in [0.5, 0.6) is 0 Å². The second-order valence-electron chi connectivity index (χ2n) is 7.48. The molecule has 21 heavy (non-hydrogen) atoms. The Kier molecular flexibility index (Phi) is 4.49. The summed E-state index contributed by atoms with van der Waals surface area (Å²) in [5, 5.41) is 7.81. The van der Waals surface area contributed by atoms with Crippen LogP contribution >= 0.6 is 11.5 Å². The lowest BCUT2D eigenvalue weighted by molar-refractivity contribution is 0.426. The molecular weight excluding hydrogens is 278 g/mol. The summed E-state index contributed by atoms with van der Waals surface area (Å²) in [6.07, 6.45) is 0. The molecule has 0 saturated carbocycles. The van der Waals surface area contributed by atoms with Crippen molar-refractivity contribution in [3.05, 3.63) is 34.7 Å². The van der Waals surface area contributed by atoms with Gasteiger partial charge in [0.15, 0.2) is 0 Å². The molecule has 0 bridgehead atoms. The number of benzene rings is 1. The van der Waals surface area contributed by atoms with Crippen molar-refractivity contribution >= 4 is 11.5 Å². The Hall–Kier alpha value is -1.26. The van der Waals surface area contributed by atoms with Gasteiger partial charge in [-0.05, 0) is 43.3 Å². The van der Waals surface area contributed by atoms with Gasteiger partial charge in [0.1, 0.15) is 5.69 Å². The number of nitrogens with zero attached hydrogens (tertiary/aromatic N) is 2. The van der Waals surface area contributed by atoms with Gasteiger partial charge in [0.2, 0.25) is 0 Å². The minimum Gasteiger partial charge on any atom is -0.307 e. The van der Waals surface area contributed by atoms with E-state index < -0.39 is 0 Å². The van der Waals surface area contributed by atoms with Gasteiger partial charge in [0.25, 0.3) is 0 Å². The molecule has 0 spiro atoms. The van der Waals surface area contributed by atoms with E-state index in [1.54, 1.807) is 0 Å². The molecule has 0 aliphatic heterocycles. The van der Waals surface area contributed by atoms with E-state index in [1.165, 1.54) is 22.0 Å².